The van der Waals surface area contributed by atoms with Gasteiger partial charge in [0.25, 0.3) is 0 Å². The normalized spacial score (nSPS) is 15.0. The summed E-state index contributed by atoms with van der Waals surface area (Å²) in [5, 5.41) is 3.83. The van der Waals surface area contributed by atoms with Gasteiger partial charge in [-0.15, -0.1) is 0 Å². The second-order valence-electron chi connectivity index (χ2n) is 11.7. The van der Waals surface area contributed by atoms with Gasteiger partial charge in [-0.25, -0.2) is 15.0 Å². The molecule has 1 aliphatic carbocycles. The van der Waals surface area contributed by atoms with Gasteiger partial charge in [0.1, 0.15) is 11.2 Å². The zero-order valence-electron chi connectivity index (χ0n) is 29.0. The van der Waals surface area contributed by atoms with E-state index in [9.17, 15) is 0 Å². The minimum Gasteiger partial charge on any atom is -0.456 e. The summed E-state index contributed by atoms with van der Waals surface area (Å²) in [4.78, 5) is 14.7. The van der Waals surface area contributed by atoms with Gasteiger partial charge in [0, 0.05) is 32.9 Å². The Balaban J connectivity index is 1.34. The molecule has 1 aliphatic rings. The molecular formula is C40H27N3O. The van der Waals surface area contributed by atoms with Crippen LogP contribution in [0.15, 0.2) is 132 Å². The molecule has 0 spiro atoms. The first-order valence-electron chi connectivity index (χ1n) is 17.0. The first-order valence-corrected chi connectivity index (χ1v) is 14.5. The molecule has 2 aromatic heterocycles. The van der Waals surface area contributed by atoms with Gasteiger partial charge >= 0.3 is 0 Å². The number of furan rings is 1. The minimum absolute atomic E-state index is 0.00604. The van der Waals surface area contributed by atoms with Gasteiger partial charge in [-0.05, 0) is 57.3 Å². The van der Waals surface area contributed by atoms with Gasteiger partial charge < -0.3 is 4.42 Å². The van der Waals surface area contributed by atoms with Crippen LogP contribution < -0.4 is 0 Å². The molecule has 9 rings (SSSR count). The fraction of sp³-hybridized carbons (Fsp3) is 0.0750. The number of aromatic nitrogens is 3. The summed E-state index contributed by atoms with van der Waals surface area (Å²) in [5.74, 6) is 0.620. The van der Waals surface area contributed by atoms with Gasteiger partial charge in [0.2, 0.25) is 0 Å². The van der Waals surface area contributed by atoms with E-state index in [0.717, 1.165) is 43.8 Å². The van der Waals surface area contributed by atoms with E-state index in [4.69, 9.17) is 26.2 Å². The Labute approximate surface area is 261 Å². The SMILES string of the molecule is [2H]c1c([2H])c([2H])c(-c2nc(-c3ccc4c(c3)-c3ccccc3C4(C)C)nc(-c3cccc4oc5cc6ccccc6cc5c34)n2)c([2H])c1[2H]. The van der Waals surface area contributed by atoms with E-state index in [1.807, 2.05) is 54.6 Å². The van der Waals surface area contributed by atoms with E-state index < -0.39 is 18.1 Å². The number of benzene rings is 6. The number of hydrogen-bond donors (Lipinski definition) is 0. The minimum atomic E-state index is -0.477. The predicted molar refractivity (Wildman–Crippen MR) is 178 cm³/mol. The lowest BCUT2D eigenvalue weighted by Crippen LogP contribution is -2.14. The second kappa shape index (κ2) is 9.19. The van der Waals surface area contributed by atoms with Crippen LogP contribution >= 0.6 is 0 Å². The summed E-state index contributed by atoms with van der Waals surface area (Å²) in [6.45, 7) is 4.43. The fourth-order valence-electron chi connectivity index (χ4n) is 6.66. The first kappa shape index (κ1) is 20.3. The van der Waals surface area contributed by atoms with Crippen molar-refractivity contribution in [3.8, 4) is 45.3 Å². The van der Waals surface area contributed by atoms with E-state index in [1.165, 1.54) is 11.1 Å². The van der Waals surface area contributed by atoms with Crippen molar-refractivity contribution in [2.75, 3.05) is 0 Å². The highest BCUT2D eigenvalue weighted by Crippen LogP contribution is 2.49. The molecule has 208 valence electrons. The van der Waals surface area contributed by atoms with Crippen LogP contribution in [0.25, 0.3) is 78.0 Å². The van der Waals surface area contributed by atoms with E-state index in [0.29, 0.717) is 22.8 Å². The number of fused-ring (bicyclic) bond motifs is 7. The molecule has 0 unspecified atom stereocenters. The third kappa shape index (κ3) is 3.67. The van der Waals surface area contributed by atoms with Gasteiger partial charge in [-0.2, -0.15) is 0 Å². The Hall–Kier alpha value is -5.61. The van der Waals surface area contributed by atoms with E-state index in [1.54, 1.807) is 0 Å². The third-order valence-corrected chi connectivity index (χ3v) is 8.80. The quantitative estimate of drug-likeness (QED) is 0.212. The second-order valence-corrected chi connectivity index (χ2v) is 11.7. The van der Waals surface area contributed by atoms with E-state index in [-0.39, 0.29) is 28.9 Å². The smallest absolute Gasteiger partial charge is 0.164 e. The molecular weight excluding hydrogens is 538 g/mol. The van der Waals surface area contributed by atoms with Crippen molar-refractivity contribution >= 4 is 32.7 Å². The highest BCUT2D eigenvalue weighted by Gasteiger charge is 2.35. The zero-order valence-corrected chi connectivity index (χ0v) is 24.0. The topological polar surface area (TPSA) is 51.8 Å². The largest absolute Gasteiger partial charge is 0.456 e. The van der Waals surface area contributed by atoms with Crippen LogP contribution in [-0.4, -0.2) is 15.0 Å². The lowest BCUT2D eigenvalue weighted by molar-refractivity contribution is 0.660. The number of hydrogen-bond acceptors (Lipinski definition) is 4. The van der Waals surface area contributed by atoms with Crippen molar-refractivity contribution in [3.63, 3.8) is 0 Å². The standard InChI is InChI=1S/C40H27N3O/c1-40(2)32-17-9-8-15-28(32)30-22-27(19-20-33(30)40)38-41-37(24-11-4-3-5-12-24)42-39(43-38)29-16-10-18-34-36(29)31-21-25-13-6-7-14-26(25)23-35(31)44-34/h3-23H,1-2H3/i3D,4D,5D,11D,12D. The van der Waals surface area contributed by atoms with Crippen LogP contribution in [0, 0.1) is 0 Å². The summed E-state index contributed by atoms with van der Waals surface area (Å²) in [7, 11) is 0. The summed E-state index contributed by atoms with van der Waals surface area (Å²) in [6, 6.07) is 30.3. The molecule has 2 heterocycles. The van der Waals surface area contributed by atoms with Gasteiger partial charge in [-0.1, -0.05) is 117 Å². The molecule has 0 atom stereocenters. The van der Waals surface area contributed by atoms with Gasteiger partial charge in [0.05, 0.1) is 6.85 Å². The van der Waals surface area contributed by atoms with Crippen LogP contribution in [0.3, 0.4) is 0 Å². The molecule has 6 aromatic carbocycles. The number of nitrogens with zero attached hydrogens (tertiary/aromatic N) is 3. The Kier molecular flexibility index (Phi) is 4.25. The van der Waals surface area contributed by atoms with Crippen LogP contribution in [0.2, 0.25) is 0 Å². The Morgan fingerprint density at radius 3 is 2.09 bits per heavy atom. The van der Waals surface area contributed by atoms with Crippen molar-refractivity contribution < 1.29 is 11.3 Å². The molecule has 0 radical (unpaired) electrons. The molecule has 44 heavy (non-hydrogen) atoms. The summed E-state index contributed by atoms with van der Waals surface area (Å²) < 4.78 is 48.7. The maximum absolute atomic E-state index is 8.75. The molecule has 4 heteroatoms. The summed E-state index contributed by atoms with van der Waals surface area (Å²) >= 11 is 0. The van der Waals surface area contributed by atoms with E-state index >= 15 is 0 Å². The fourth-order valence-corrected chi connectivity index (χ4v) is 6.66. The monoisotopic (exact) mass is 570 g/mol. The van der Waals surface area contributed by atoms with Crippen LogP contribution in [-0.2, 0) is 5.41 Å². The lowest BCUT2D eigenvalue weighted by Gasteiger charge is -2.21. The molecule has 0 saturated carbocycles. The van der Waals surface area contributed by atoms with E-state index in [2.05, 4.69) is 56.3 Å². The van der Waals surface area contributed by atoms with Crippen LogP contribution in [0.1, 0.15) is 31.8 Å². The lowest BCUT2D eigenvalue weighted by atomic mass is 9.82. The summed E-state index contributed by atoms with van der Waals surface area (Å²) in [6.07, 6.45) is 0. The van der Waals surface area contributed by atoms with Crippen LogP contribution in [0.5, 0.6) is 0 Å². The maximum atomic E-state index is 8.75. The van der Waals surface area contributed by atoms with Crippen molar-refractivity contribution in [3.05, 3.63) is 138 Å². The number of rotatable bonds is 3. The Bertz CT molecular complexity index is 2690. The zero-order chi connectivity index (χ0) is 33.8. The Morgan fingerprint density at radius 2 is 1.25 bits per heavy atom. The van der Waals surface area contributed by atoms with Gasteiger partial charge in [0.15, 0.2) is 17.5 Å². The molecule has 0 amide bonds. The first-order chi connectivity index (χ1) is 23.6. The average molecular weight is 571 g/mol. The van der Waals surface area contributed by atoms with Crippen molar-refractivity contribution in [1.82, 2.24) is 15.0 Å². The maximum Gasteiger partial charge on any atom is 0.164 e. The Morgan fingerprint density at radius 1 is 0.568 bits per heavy atom. The highest BCUT2D eigenvalue weighted by atomic mass is 16.3. The molecule has 4 nitrogen and oxygen atoms in total. The molecule has 0 fully saturated rings. The average Bonchev–Trinajstić information content (AvgIpc) is 3.59. The molecule has 0 N–H and O–H groups in total. The van der Waals surface area contributed by atoms with Crippen molar-refractivity contribution in [2.24, 2.45) is 0 Å². The molecule has 0 aliphatic heterocycles. The molecule has 8 aromatic rings. The highest BCUT2D eigenvalue weighted by molar-refractivity contribution is 6.15. The van der Waals surface area contributed by atoms with Crippen LogP contribution in [0.4, 0.5) is 0 Å². The molecule has 0 saturated heterocycles. The van der Waals surface area contributed by atoms with Gasteiger partial charge in [-0.3, -0.25) is 0 Å². The summed E-state index contributed by atoms with van der Waals surface area (Å²) in [5.41, 5.74) is 7.17. The van der Waals surface area contributed by atoms with Crippen molar-refractivity contribution in [2.45, 2.75) is 19.3 Å². The predicted octanol–water partition coefficient (Wildman–Crippen LogP) is 10.2. The van der Waals surface area contributed by atoms with Crippen molar-refractivity contribution in [1.29, 1.82) is 0 Å². The third-order valence-electron chi connectivity index (χ3n) is 8.80. The molecule has 0 bridgehead atoms.